The van der Waals surface area contributed by atoms with Crippen molar-refractivity contribution in [1.29, 1.82) is 0 Å². The maximum absolute atomic E-state index is 11.7. The summed E-state index contributed by atoms with van der Waals surface area (Å²) in [5, 5.41) is 0. The number of aromatic nitrogens is 1. The van der Waals surface area contributed by atoms with Crippen LogP contribution in [0, 0.1) is 0 Å². The van der Waals surface area contributed by atoms with E-state index in [0.717, 1.165) is 4.47 Å². The number of hydrogen-bond acceptors (Lipinski definition) is 4. The van der Waals surface area contributed by atoms with E-state index in [1.54, 1.807) is 13.2 Å². The average Bonchev–Trinajstić information content (AvgIpc) is 2.29. The van der Waals surface area contributed by atoms with Crippen LogP contribution in [0.15, 0.2) is 22.8 Å². The fourth-order valence-electron chi connectivity index (χ4n) is 1.19. The SMILES string of the molecule is CN(CCOc1ncccc1Br)C(=O)OC(C)(C)C. The van der Waals surface area contributed by atoms with E-state index < -0.39 is 5.60 Å². The summed E-state index contributed by atoms with van der Waals surface area (Å²) in [5.74, 6) is 0.514. The second-order valence-electron chi connectivity index (χ2n) is 5.04. The lowest BCUT2D eigenvalue weighted by atomic mass is 10.2. The largest absolute Gasteiger partial charge is 0.475 e. The van der Waals surface area contributed by atoms with Gasteiger partial charge in [0.25, 0.3) is 0 Å². The minimum Gasteiger partial charge on any atom is -0.475 e. The lowest BCUT2D eigenvalue weighted by molar-refractivity contribution is 0.0277. The molecule has 0 aromatic carbocycles. The van der Waals surface area contributed by atoms with E-state index in [-0.39, 0.29) is 6.09 Å². The molecule has 0 fully saturated rings. The highest BCUT2D eigenvalue weighted by atomic mass is 79.9. The van der Waals surface area contributed by atoms with Crippen molar-refractivity contribution in [2.75, 3.05) is 20.2 Å². The van der Waals surface area contributed by atoms with Gasteiger partial charge in [0.2, 0.25) is 5.88 Å². The third-order valence-corrected chi connectivity index (χ3v) is 2.70. The Balaban J connectivity index is 2.37. The van der Waals surface area contributed by atoms with E-state index in [0.29, 0.717) is 19.0 Å². The molecule has 19 heavy (non-hydrogen) atoms. The molecular weight excluding hydrogens is 312 g/mol. The number of halogens is 1. The molecule has 0 aliphatic rings. The highest BCUT2D eigenvalue weighted by Crippen LogP contribution is 2.20. The zero-order chi connectivity index (χ0) is 14.5. The molecule has 1 aromatic heterocycles. The van der Waals surface area contributed by atoms with E-state index in [1.807, 2.05) is 32.9 Å². The van der Waals surface area contributed by atoms with E-state index in [9.17, 15) is 4.79 Å². The fraction of sp³-hybridized carbons (Fsp3) is 0.538. The van der Waals surface area contributed by atoms with Crippen LogP contribution in [0.3, 0.4) is 0 Å². The third-order valence-electron chi connectivity index (χ3n) is 2.10. The molecule has 0 saturated heterocycles. The lowest BCUT2D eigenvalue weighted by Gasteiger charge is -2.24. The Morgan fingerprint density at radius 3 is 2.74 bits per heavy atom. The highest BCUT2D eigenvalue weighted by molar-refractivity contribution is 9.10. The van der Waals surface area contributed by atoms with Crippen molar-refractivity contribution in [3.63, 3.8) is 0 Å². The van der Waals surface area contributed by atoms with Gasteiger partial charge in [0.15, 0.2) is 0 Å². The first-order valence-corrected chi connectivity index (χ1v) is 6.76. The van der Waals surface area contributed by atoms with Crippen LogP contribution in [-0.4, -0.2) is 41.8 Å². The highest BCUT2D eigenvalue weighted by Gasteiger charge is 2.19. The maximum atomic E-state index is 11.7. The monoisotopic (exact) mass is 330 g/mol. The van der Waals surface area contributed by atoms with Gasteiger partial charge in [-0.2, -0.15) is 0 Å². The number of pyridine rings is 1. The van der Waals surface area contributed by atoms with Gasteiger partial charge in [-0.15, -0.1) is 0 Å². The minimum absolute atomic E-state index is 0.353. The Labute approximate surface area is 122 Å². The van der Waals surface area contributed by atoms with Crippen LogP contribution in [0.4, 0.5) is 4.79 Å². The van der Waals surface area contributed by atoms with Crippen molar-refractivity contribution in [3.8, 4) is 5.88 Å². The van der Waals surface area contributed by atoms with Crippen LogP contribution in [0.1, 0.15) is 20.8 Å². The first-order chi connectivity index (χ1) is 8.79. The number of likely N-dealkylation sites (N-methyl/N-ethyl adjacent to an activating group) is 1. The number of carbonyl (C=O) groups is 1. The van der Waals surface area contributed by atoms with Crippen molar-refractivity contribution < 1.29 is 14.3 Å². The van der Waals surface area contributed by atoms with Gasteiger partial charge < -0.3 is 14.4 Å². The van der Waals surface area contributed by atoms with Gasteiger partial charge in [0, 0.05) is 13.2 Å². The molecule has 106 valence electrons. The van der Waals surface area contributed by atoms with Gasteiger partial charge in [-0.25, -0.2) is 9.78 Å². The molecular formula is C13H19BrN2O3. The molecule has 1 aromatic rings. The Morgan fingerprint density at radius 2 is 2.16 bits per heavy atom. The molecule has 0 saturated carbocycles. The summed E-state index contributed by atoms with van der Waals surface area (Å²) >= 11 is 3.34. The molecule has 0 aliphatic carbocycles. The minimum atomic E-state index is -0.490. The molecule has 1 rings (SSSR count). The van der Waals surface area contributed by atoms with Crippen molar-refractivity contribution in [1.82, 2.24) is 9.88 Å². The van der Waals surface area contributed by atoms with Crippen LogP contribution in [-0.2, 0) is 4.74 Å². The average molecular weight is 331 g/mol. The van der Waals surface area contributed by atoms with Gasteiger partial charge in [-0.1, -0.05) is 0 Å². The first kappa shape index (κ1) is 15.8. The Bertz CT molecular complexity index is 432. The van der Waals surface area contributed by atoms with Gasteiger partial charge in [0.05, 0.1) is 11.0 Å². The molecule has 6 heteroatoms. The molecule has 5 nitrogen and oxygen atoms in total. The molecule has 0 unspecified atom stereocenters. The molecule has 0 N–H and O–H groups in total. The molecule has 1 heterocycles. The maximum Gasteiger partial charge on any atom is 0.410 e. The van der Waals surface area contributed by atoms with E-state index in [4.69, 9.17) is 9.47 Å². The van der Waals surface area contributed by atoms with Gasteiger partial charge >= 0.3 is 6.09 Å². The van der Waals surface area contributed by atoms with Gasteiger partial charge in [-0.3, -0.25) is 0 Å². The second-order valence-corrected chi connectivity index (χ2v) is 5.90. The van der Waals surface area contributed by atoms with Crippen molar-refractivity contribution in [2.24, 2.45) is 0 Å². The molecule has 0 bridgehead atoms. The van der Waals surface area contributed by atoms with Crippen molar-refractivity contribution >= 4 is 22.0 Å². The summed E-state index contributed by atoms with van der Waals surface area (Å²) in [4.78, 5) is 17.2. The molecule has 0 radical (unpaired) electrons. The van der Waals surface area contributed by atoms with Crippen LogP contribution < -0.4 is 4.74 Å². The van der Waals surface area contributed by atoms with Gasteiger partial charge in [-0.05, 0) is 48.8 Å². The van der Waals surface area contributed by atoms with Crippen LogP contribution in [0.5, 0.6) is 5.88 Å². The number of carbonyl (C=O) groups excluding carboxylic acids is 1. The van der Waals surface area contributed by atoms with Crippen LogP contribution in [0.2, 0.25) is 0 Å². The van der Waals surface area contributed by atoms with E-state index >= 15 is 0 Å². The molecule has 0 aliphatic heterocycles. The topological polar surface area (TPSA) is 51.7 Å². The molecule has 0 spiro atoms. The summed E-state index contributed by atoms with van der Waals surface area (Å²) in [6.45, 7) is 6.28. The number of rotatable bonds is 4. The normalized spacial score (nSPS) is 11.0. The van der Waals surface area contributed by atoms with E-state index in [1.165, 1.54) is 4.90 Å². The van der Waals surface area contributed by atoms with Crippen LogP contribution >= 0.6 is 15.9 Å². The lowest BCUT2D eigenvalue weighted by Crippen LogP contribution is -2.36. The Morgan fingerprint density at radius 1 is 1.47 bits per heavy atom. The summed E-state index contributed by atoms with van der Waals surface area (Å²) in [7, 11) is 1.67. The zero-order valence-corrected chi connectivity index (χ0v) is 13.2. The molecule has 1 amide bonds. The summed E-state index contributed by atoms with van der Waals surface area (Å²) in [6, 6.07) is 3.66. The number of hydrogen-bond donors (Lipinski definition) is 0. The summed E-state index contributed by atoms with van der Waals surface area (Å²) < 4.78 is 11.5. The second kappa shape index (κ2) is 6.75. The van der Waals surface area contributed by atoms with Crippen LogP contribution in [0.25, 0.3) is 0 Å². The Hall–Kier alpha value is -1.30. The van der Waals surface area contributed by atoms with Crippen molar-refractivity contribution in [2.45, 2.75) is 26.4 Å². The Kier molecular flexibility index (Phi) is 5.60. The summed E-state index contributed by atoms with van der Waals surface area (Å²) in [5.41, 5.74) is -0.490. The quantitative estimate of drug-likeness (QED) is 0.851. The summed E-state index contributed by atoms with van der Waals surface area (Å²) in [6.07, 6.45) is 1.29. The number of ether oxygens (including phenoxy) is 2. The predicted octanol–water partition coefficient (Wildman–Crippen LogP) is 3.09. The zero-order valence-electron chi connectivity index (χ0n) is 11.6. The fourth-order valence-corrected chi connectivity index (χ4v) is 1.56. The van der Waals surface area contributed by atoms with E-state index in [2.05, 4.69) is 20.9 Å². The molecule has 0 atom stereocenters. The van der Waals surface area contributed by atoms with Crippen molar-refractivity contribution in [3.05, 3.63) is 22.8 Å². The number of amides is 1. The van der Waals surface area contributed by atoms with Gasteiger partial charge in [0.1, 0.15) is 12.2 Å². The standard InChI is InChI=1S/C13H19BrN2O3/c1-13(2,3)19-12(17)16(4)8-9-18-11-10(14)6-5-7-15-11/h5-7H,8-9H2,1-4H3. The third kappa shape index (κ3) is 5.92. The smallest absolute Gasteiger partial charge is 0.410 e. The predicted molar refractivity (Wildman–Crippen MR) is 76.3 cm³/mol. The first-order valence-electron chi connectivity index (χ1n) is 5.97. The number of nitrogens with zero attached hydrogens (tertiary/aromatic N) is 2.